The third-order valence-electron chi connectivity index (χ3n) is 5.16. The molecule has 2 heteroatoms. The van der Waals surface area contributed by atoms with Gasteiger partial charge in [-0.05, 0) is 34.9 Å². The van der Waals surface area contributed by atoms with Crippen LogP contribution in [0.15, 0.2) is 18.2 Å². The number of nitrogens with one attached hydrogen (secondary N) is 1. The Balaban J connectivity index is 1.85. The summed E-state index contributed by atoms with van der Waals surface area (Å²) in [5, 5.41) is 3.08. The maximum atomic E-state index is 12.4. The van der Waals surface area contributed by atoms with Crippen molar-refractivity contribution >= 4 is 11.6 Å². The van der Waals surface area contributed by atoms with Gasteiger partial charge in [-0.2, -0.15) is 0 Å². The van der Waals surface area contributed by atoms with Crippen LogP contribution in [0, 0.1) is 5.92 Å². The molecule has 1 fully saturated rings. The lowest BCUT2D eigenvalue weighted by Crippen LogP contribution is -2.17. The summed E-state index contributed by atoms with van der Waals surface area (Å²) in [7, 11) is 0. The van der Waals surface area contributed by atoms with Gasteiger partial charge in [-0.15, -0.1) is 0 Å². The van der Waals surface area contributed by atoms with Gasteiger partial charge < -0.3 is 5.32 Å². The van der Waals surface area contributed by atoms with Crippen molar-refractivity contribution in [3.8, 4) is 0 Å². The summed E-state index contributed by atoms with van der Waals surface area (Å²) in [6, 6.07) is 6.51. The van der Waals surface area contributed by atoms with Crippen molar-refractivity contribution in [3.05, 3.63) is 29.3 Å². The highest BCUT2D eigenvalue weighted by Gasteiger charge is 2.33. The normalized spacial score (nSPS) is 23.0. The molecule has 1 heterocycles. The summed E-state index contributed by atoms with van der Waals surface area (Å²) in [6.07, 6.45) is 7.70. The molecule has 1 amide bonds. The number of anilines is 1. The number of hydrogen-bond acceptors (Lipinski definition) is 1. The minimum Gasteiger partial charge on any atom is -0.325 e. The van der Waals surface area contributed by atoms with E-state index in [1.807, 2.05) is 0 Å². The molecule has 1 aromatic carbocycles. The fraction of sp³-hybridized carbons (Fsp3) is 0.632. The molecule has 21 heavy (non-hydrogen) atoms. The first-order valence-corrected chi connectivity index (χ1v) is 8.40. The molecule has 1 saturated carbocycles. The molecular formula is C19H27NO. The van der Waals surface area contributed by atoms with Gasteiger partial charge in [0.05, 0.1) is 5.92 Å². The second-order valence-electron chi connectivity index (χ2n) is 7.83. The van der Waals surface area contributed by atoms with E-state index in [0.29, 0.717) is 0 Å². The lowest BCUT2D eigenvalue weighted by molar-refractivity contribution is -0.117. The number of carbonyl (C=O) groups is 1. The fourth-order valence-corrected chi connectivity index (χ4v) is 3.78. The van der Waals surface area contributed by atoms with Crippen LogP contribution in [-0.4, -0.2) is 5.91 Å². The number of amides is 1. The first-order chi connectivity index (χ1) is 9.95. The number of benzene rings is 1. The van der Waals surface area contributed by atoms with E-state index in [9.17, 15) is 4.79 Å². The molecule has 2 nitrogen and oxygen atoms in total. The molecule has 0 saturated heterocycles. The lowest BCUT2D eigenvalue weighted by atomic mass is 9.79. The molecule has 0 radical (unpaired) electrons. The Labute approximate surface area is 128 Å². The van der Waals surface area contributed by atoms with Crippen LogP contribution in [0.2, 0.25) is 0 Å². The van der Waals surface area contributed by atoms with E-state index in [0.717, 1.165) is 18.0 Å². The van der Waals surface area contributed by atoms with Crippen LogP contribution >= 0.6 is 0 Å². The lowest BCUT2D eigenvalue weighted by Gasteiger charge is -2.24. The van der Waals surface area contributed by atoms with Crippen LogP contribution < -0.4 is 5.32 Å². The van der Waals surface area contributed by atoms with Crippen molar-refractivity contribution in [2.75, 3.05) is 5.32 Å². The quantitative estimate of drug-likeness (QED) is 0.815. The van der Waals surface area contributed by atoms with Crippen molar-refractivity contribution < 1.29 is 4.79 Å². The van der Waals surface area contributed by atoms with E-state index in [1.165, 1.54) is 43.2 Å². The van der Waals surface area contributed by atoms with Gasteiger partial charge in [-0.3, -0.25) is 4.79 Å². The number of carbonyl (C=O) groups excluding carboxylic acids is 1. The second-order valence-corrected chi connectivity index (χ2v) is 7.83. The highest BCUT2D eigenvalue weighted by molar-refractivity contribution is 6.02. The summed E-state index contributed by atoms with van der Waals surface area (Å²) in [5.41, 5.74) is 3.73. The van der Waals surface area contributed by atoms with E-state index in [4.69, 9.17) is 0 Å². The smallest absolute Gasteiger partial charge is 0.232 e. The van der Waals surface area contributed by atoms with E-state index < -0.39 is 0 Å². The molecule has 1 aromatic rings. The van der Waals surface area contributed by atoms with Gasteiger partial charge in [0.15, 0.2) is 0 Å². The second kappa shape index (κ2) is 5.47. The van der Waals surface area contributed by atoms with Crippen molar-refractivity contribution in [2.24, 2.45) is 5.92 Å². The maximum absolute atomic E-state index is 12.4. The van der Waals surface area contributed by atoms with E-state index in [-0.39, 0.29) is 17.2 Å². The Morgan fingerprint density at radius 3 is 2.52 bits per heavy atom. The first kappa shape index (κ1) is 14.6. The van der Waals surface area contributed by atoms with Crippen molar-refractivity contribution in [2.45, 2.75) is 70.6 Å². The SMILES string of the molecule is CC(C)(C)c1ccc2c(c1)C(CC1CCCCC1)C(=O)N2. The first-order valence-electron chi connectivity index (χ1n) is 8.40. The number of hydrogen-bond donors (Lipinski definition) is 1. The Bertz CT molecular complexity index is 535. The maximum Gasteiger partial charge on any atom is 0.232 e. The van der Waals surface area contributed by atoms with Crippen LogP contribution in [0.5, 0.6) is 0 Å². The van der Waals surface area contributed by atoms with Crippen LogP contribution in [0.25, 0.3) is 0 Å². The number of rotatable bonds is 2. The van der Waals surface area contributed by atoms with E-state index >= 15 is 0 Å². The molecule has 2 aliphatic rings. The van der Waals surface area contributed by atoms with Gasteiger partial charge >= 0.3 is 0 Å². The average Bonchev–Trinajstić information content (AvgIpc) is 2.75. The summed E-state index contributed by atoms with van der Waals surface area (Å²) < 4.78 is 0. The van der Waals surface area contributed by atoms with Crippen LogP contribution in [0.1, 0.15) is 76.3 Å². The largest absolute Gasteiger partial charge is 0.325 e. The molecule has 0 bridgehead atoms. The predicted octanol–water partition coefficient (Wildman–Crippen LogP) is 4.99. The molecule has 1 aliphatic carbocycles. The predicted molar refractivity (Wildman–Crippen MR) is 87.7 cm³/mol. The van der Waals surface area contributed by atoms with Gasteiger partial charge in [0.2, 0.25) is 5.91 Å². The molecule has 0 spiro atoms. The average molecular weight is 285 g/mol. The van der Waals surface area contributed by atoms with Gasteiger partial charge in [-0.25, -0.2) is 0 Å². The van der Waals surface area contributed by atoms with Crippen LogP contribution in [0.3, 0.4) is 0 Å². The summed E-state index contributed by atoms with van der Waals surface area (Å²) >= 11 is 0. The molecule has 114 valence electrons. The minimum atomic E-state index is 0.0744. The van der Waals surface area contributed by atoms with Crippen molar-refractivity contribution in [3.63, 3.8) is 0 Å². The summed E-state index contributed by atoms with van der Waals surface area (Å²) in [5.74, 6) is 1.02. The minimum absolute atomic E-state index is 0.0744. The molecule has 1 aliphatic heterocycles. The van der Waals surface area contributed by atoms with Crippen molar-refractivity contribution in [1.29, 1.82) is 0 Å². The van der Waals surface area contributed by atoms with Gasteiger partial charge in [0, 0.05) is 5.69 Å². The standard InChI is InChI=1S/C19H27NO/c1-19(2,3)14-9-10-17-15(12-14)16(18(21)20-17)11-13-7-5-4-6-8-13/h9-10,12-13,16H,4-8,11H2,1-3H3,(H,20,21). The Hall–Kier alpha value is -1.31. The summed E-state index contributed by atoms with van der Waals surface area (Å²) in [4.78, 5) is 12.4. The molecule has 3 rings (SSSR count). The van der Waals surface area contributed by atoms with Crippen LogP contribution in [-0.2, 0) is 10.2 Å². The van der Waals surface area contributed by atoms with Gasteiger partial charge in [0.1, 0.15) is 0 Å². The Morgan fingerprint density at radius 2 is 1.86 bits per heavy atom. The molecule has 1 N–H and O–H groups in total. The third kappa shape index (κ3) is 3.00. The van der Waals surface area contributed by atoms with E-state index in [2.05, 4.69) is 44.3 Å². The Morgan fingerprint density at radius 1 is 1.14 bits per heavy atom. The van der Waals surface area contributed by atoms with Crippen molar-refractivity contribution in [1.82, 2.24) is 0 Å². The highest BCUT2D eigenvalue weighted by atomic mass is 16.2. The number of fused-ring (bicyclic) bond motifs is 1. The Kier molecular flexibility index (Phi) is 3.81. The van der Waals surface area contributed by atoms with Gasteiger partial charge in [-0.1, -0.05) is 65.0 Å². The van der Waals surface area contributed by atoms with Gasteiger partial charge in [0.25, 0.3) is 0 Å². The molecule has 1 unspecified atom stereocenters. The zero-order chi connectivity index (χ0) is 15.0. The van der Waals surface area contributed by atoms with Crippen LogP contribution in [0.4, 0.5) is 5.69 Å². The third-order valence-corrected chi connectivity index (χ3v) is 5.16. The zero-order valence-corrected chi connectivity index (χ0v) is 13.5. The molecule has 1 atom stereocenters. The molecule has 0 aromatic heterocycles. The topological polar surface area (TPSA) is 29.1 Å². The fourth-order valence-electron chi connectivity index (χ4n) is 3.78. The summed E-state index contributed by atoms with van der Waals surface area (Å²) in [6.45, 7) is 6.69. The monoisotopic (exact) mass is 285 g/mol. The highest BCUT2D eigenvalue weighted by Crippen LogP contribution is 2.41. The zero-order valence-electron chi connectivity index (χ0n) is 13.5. The van der Waals surface area contributed by atoms with E-state index in [1.54, 1.807) is 0 Å². The molecular weight excluding hydrogens is 258 g/mol.